The van der Waals surface area contributed by atoms with Gasteiger partial charge in [-0.15, -0.1) is 0 Å². The maximum atomic E-state index is 13.0. The zero-order chi connectivity index (χ0) is 28.2. The van der Waals surface area contributed by atoms with Crippen molar-refractivity contribution in [1.29, 1.82) is 0 Å². The van der Waals surface area contributed by atoms with Crippen molar-refractivity contribution >= 4 is 50.7 Å². The number of nitrogens with one attached hydrogen (secondary N) is 2. The molecule has 1 aliphatic rings. The Bertz CT molecular complexity index is 1380. The molecule has 2 amide bonds. The molecule has 3 aromatic carbocycles. The Morgan fingerprint density at radius 3 is 2.05 bits per heavy atom. The van der Waals surface area contributed by atoms with E-state index in [2.05, 4.69) is 15.5 Å². The summed E-state index contributed by atoms with van der Waals surface area (Å²) >= 11 is 12.3. The number of nitrogens with zero attached hydrogens (tertiary/aromatic N) is 2. The summed E-state index contributed by atoms with van der Waals surface area (Å²) in [6.45, 7) is 1.13. The first-order chi connectivity index (χ1) is 18.6. The van der Waals surface area contributed by atoms with Gasteiger partial charge in [0, 0.05) is 48.7 Å². The smallest absolute Gasteiger partial charge is 0.251 e. The van der Waals surface area contributed by atoms with E-state index in [0.29, 0.717) is 34.4 Å². The quantitative estimate of drug-likeness (QED) is 0.371. The lowest BCUT2D eigenvalue weighted by Crippen LogP contribution is -2.61. The lowest BCUT2D eigenvalue weighted by atomic mass is 9.93. The minimum absolute atomic E-state index is 0.116. The normalized spacial score (nSPS) is 14.1. The van der Waals surface area contributed by atoms with Gasteiger partial charge in [0.25, 0.3) is 5.91 Å². The highest BCUT2D eigenvalue weighted by molar-refractivity contribution is 7.92. The summed E-state index contributed by atoms with van der Waals surface area (Å²) < 4.78 is 27.3. The summed E-state index contributed by atoms with van der Waals surface area (Å²) in [5.74, 6) is -0.563. The number of hydrogen-bond donors (Lipinski definition) is 2. The van der Waals surface area contributed by atoms with E-state index in [9.17, 15) is 18.0 Å². The molecule has 0 unspecified atom stereocenters. The molecule has 0 atom stereocenters. The maximum Gasteiger partial charge on any atom is 0.251 e. The second-order valence-corrected chi connectivity index (χ2v) is 12.1. The van der Waals surface area contributed by atoms with Crippen molar-refractivity contribution in [3.05, 3.63) is 99.5 Å². The molecule has 2 N–H and O–H groups in total. The Morgan fingerprint density at radius 2 is 1.54 bits per heavy atom. The number of sulfonamides is 1. The fraction of sp³-hybridized carbons (Fsp3) is 0.286. The molecule has 1 saturated heterocycles. The van der Waals surface area contributed by atoms with Gasteiger partial charge in [-0.2, -0.15) is 0 Å². The number of halogens is 2. The van der Waals surface area contributed by atoms with Crippen LogP contribution in [-0.4, -0.2) is 64.1 Å². The monoisotopic (exact) mass is 588 g/mol. The number of hydrogen-bond acceptors (Lipinski definition) is 5. The molecule has 11 heteroatoms. The highest BCUT2D eigenvalue weighted by Gasteiger charge is 2.40. The van der Waals surface area contributed by atoms with Gasteiger partial charge in [-0.05, 0) is 53.6 Å². The van der Waals surface area contributed by atoms with E-state index in [1.54, 1.807) is 24.3 Å². The van der Waals surface area contributed by atoms with Crippen LogP contribution in [0.1, 0.15) is 33.9 Å². The van der Waals surface area contributed by atoms with Crippen LogP contribution in [0.3, 0.4) is 0 Å². The van der Waals surface area contributed by atoms with Crippen molar-refractivity contribution in [1.82, 2.24) is 15.5 Å². The van der Waals surface area contributed by atoms with Crippen molar-refractivity contribution in [3.8, 4) is 0 Å². The lowest BCUT2D eigenvalue weighted by Gasteiger charge is -2.48. The van der Waals surface area contributed by atoms with Crippen LogP contribution in [0.4, 0.5) is 5.69 Å². The topological polar surface area (TPSA) is 98.8 Å². The molecule has 0 aliphatic carbocycles. The Balaban J connectivity index is 1.55. The van der Waals surface area contributed by atoms with Crippen LogP contribution >= 0.6 is 23.2 Å². The molecule has 1 aliphatic heterocycles. The Morgan fingerprint density at radius 1 is 0.974 bits per heavy atom. The molecule has 0 bridgehead atoms. The molecule has 39 heavy (non-hydrogen) atoms. The Kier molecular flexibility index (Phi) is 9.17. The maximum absolute atomic E-state index is 13.0. The zero-order valence-corrected chi connectivity index (χ0v) is 23.9. The zero-order valence-electron chi connectivity index (χ0n) is 21.6. The van der Waals surface area contributed by atoms with Crippen LogP contribution in [-0.2, 0) is 14.8 Å². The summed E-state index contributed by atoms with van der Waals surface area (Å²) in [6.07, 6.45) is 1.32. The van der Waals surface area contributed by atoms with Crippen molar-refractivity contribution in [2.75, 3.05) is 37.2 Å². The number of rotatable bonds is 10. The second kappa shape index (κ2) is 12.4. The largest absolute Gasteiger partial charge is 0.359 e. The van der Waals surface area contributed by atoms with E-state index in [1.807, 2.05) is 48.5 Å². The van der Waals surface area contributed by atoms with Gasteiger partial charge in [-0.25, -0.2) is 8.42 Å². The predicted octanol–water partition coefficient (Wildman–Crippen LogP) is 4.10. The van der Waals surface area contributed by atoms with Crippen molar-refractivity contribution in [2.45, 2.75) is 18.5 Å². The number of benzene rings is 3. The van der Waals surface area contributed by atoms with E-state index in [4.69, 9.17) is 23.2 Å². The molecule has 3 aromatic rings. The molecule has 1 fully saturated rings. The van der Waals surface area contributed by atoms with Crippen LogP contribution in [0.25, 0.3) is 0 Å². The first kappa shape index (κ1) is 28.9. The van der Waals surface area contributed by atoms with Crippen LogP contribution in [0, 0.1) is 0 Å². The summed E-state index contributed by atoms with van der Waals surface area (Å²) in [5, 5.41) is 6.47. The molecule has 4 rings (SSSR count). The summed E-state index contributed by atoms with van der Waals surface area (Å²) in [5.41, 5.74) is 2.79. The van der Waals surface area contributed by atoms with Crippen LogP contribution in [0.15, 0.2) is 72.8 Å². The molecular formula is C28H30Cl2N4O4S. The lowest BCUT2D eigenvalue weighted by molar-refractivity contribution is -0.120. The summed E-state index contributed by atoms with van der Waals surface area (Å²) in [6, 6.07) is 21.3. The highest BCUT2D eigenvalue weighted by atomic mass is 35.5. The van der Waals surface area contributed by atoms with Gasteiger partial charge in [0.15, 0.2) is 0 Å². The fourth-order valence-electron chi connectivity index (χ4n) is 4.73. The number of likely N-dealkylation sites (tertiary alicyclic amines) is 1. The molecular weight excluding hydrogens is 559 g/mol. The van der Waals surface area contributed by atoms with Gasteiger partial charge in [-0.3, -0.25) is 18.8 Å². The average molecular weight is 590 g/mol. The molecule has 0 radical (unpaired) electrons. The van der Waals surface area contributed by atoms with E-state index in [0.717, 1.165) is 11.1 Å². The second-order valence-electron chi connectivity index (χ2n) is 9.40. The first-order valence-electron chi connectivity index (χ1n) is 12.4. The highest BCUT2D eigenvalue weighted by Crippen LogP contribution is 2.36. The van der Waals surface area contributed by atoms with Gasteiger partial charge in [0.1, 0.15) is 0 Å². The Hall–Kier alpha value is -3.11. The van der Waals surface area contributed by atoms with Crippen molar-refractivity contribution in [3.63, 3.8) is 0 Å². The van der Waals surface area contributed by atoms with Gasteiger partial charge in [0.2, 0.25) is 15.9 Å². The Labute approximate surface area is 238 Å². The third kappa shape index (κ3) is 7.10. The summed E-state index contributed by atoms with van der Waals surface area (Å²) in [7, 11) is -2.12. The number of carbonyl (C=O) groups excluding carboxylic acids is 2. The minimum Gasteiger partial charge on any atom is -0.359 e. The van der Waals surface area contributed by atoms with E-state index in [1.165, 1.54) is 17.6 Å². The molecule has 8 nitrogen and oxygen atoms in total. The van der Waals surface area contributed by atoms with Gasteiger partial charge in [-0.1, -0.05) is 53.5 Å². The van der Waals surface area contributed by atoms with E-state index >= 15 is 0 Å². The number of anilines is 1. The summed E-state index contributed by atoms with van der Waals surface area (Å²) in [4.78, 5) is 26.3. The third-order valence-electron chi connectivity index (χ3n) is 6.60. The molecule has 0 saturated carbocycles. The third-order valence-corrected chi connectivity index (χ3v) is 8.32. The van der Waals surface area contributed by atoms with E-state index in [-0.39, 0.29) is 36.9 Å². The standard InChI is InChI=1S/C28H30Cl2N4O4S/c1-31-26(35)14-15-32-28(36)21-4-3-5-24(16-21)34(39(2,37)38)25-17-33(18-25)27(19-6-10-22(29)11-7-19)20-8-12-23(30)13-9-20/h3-13,16,25,27H,14-15,17-18H2,1-2H3,(H,31,35)(H,32,36). The SMILES string of the molecule is CNC(=O)CCNC(=O)c1cccc(N(C2CN(C(c3ccc(Cl)cc3)c3ccc(Cl)cc3)C2)S(C)(=O)=O)c1. The molecule has 0 spiro atoms. The molecule has 1 heterocycles. The van der Waals surface area contributed by atoms with E-state index < -0.39 is 10.0 Å². The average Bonchev–Trinajstić information content (AvgIpc) is 2.88. The van der Waals surface area contributed by atoms with Crippen LogP contribution in [0.2, 0.25) is 10.0 Å². The first-order valence-corrected chi connectivity index (χ1v) is 15.0. The molecule has 206 valence electrons. The van der Waals surface area contributed by atoms with Crippen LogP contribution < -0.4 is 14.9 Å². The van der Waals surface area contributed by atoms with Gasteiger partial charge in [0.05, 0.1) is 24.0 Å². The number of carbonyl (C=O) groups is 2. The fourth-order valence-corrected chi connectivity index (χ4v) is 6.15. The van der Waals surface area contributed by atoms with Crippen molar-refractivity contribution < 1.29 is 18.0 Å². The minimum atomic E-state index is -3.65. The number of amides is 2. The van der Waals surface area contributed by atoms with Crippen LogP contribution in [0.5, 0.6) is 0 Å². The van der Waals surface area contributed by atoms with Gasteiger partial charge < -0.3 is 10.6 Å². The predicted molar refractivity (Wildman–Crippen MR) is 155 cm³/mol. The molecule has 0 aromatic heterocycles. The van der Waals surface area contributed by atoms with Crippen molar-refractivity contribution in [2.24, 2.45) is 0 Å². The van der Waals surface area contributed by atoms with Gasteiger partial charge >= 0.3 is 0 Å².